The minimum absolute atomic E-state index is 0.337. The van der Waals surface area contributed by atoms with Crippen LogP contribution in [0.5, 0.6) is 5.88 Å². The summed E-state index contributed by atoms with van der Waals surface area (Å²) in [5.74, 6) is -0.144. The van der Waals surface area contributed by atoms with Crippen LogP contribution in [0, 0.1) is 12.7 Å². The number of ether oxygens (including phenoxy) is 1. The number of hydrogen-bond acceptors (Lipinski definition) is 3. The molecule has 0 aliphatic rings. The predicted octanol–water partition coefficient (Wildman–Crippen LogP) is 4.85. The highest BCUT2D eigenvalue weighted by atomic mass is 19.1. The molecule has 6 heteroatoms. The summed E-state index contributed by atoms with van der Waals surface area (Å²) in [6.07, 6.45) is 1.58. The number of rotatable bonds is 4. The standard InChI is InChI=1S/C20H18FN3O2/c1-13-6-3-4-8-18(13)24-20(25)23-14-9-10-15(17(21)12-14)16-7-5-11-22-19(16)26-2/h3-12H,1-2H3,(H2,23,24,25). The Balaban J connectivity index is 1.77. The van der Waals surface area contributed by atoms with Crippen LogP contribution >= 0.6 is 0 Å². The van der Waals surface area contributed by atoms with Crippen LogP contribution in [0.2, 0.25) is 0 Å². The summed E-state index contributed by atoms with van der Waals surface area (Å²) in [6, 6.07) is 14.9. The van der Waals surface area contributed by atoms with Gasteiger partial charge in [0, 0.05) is 28.7 Å². The average Bonchev–Trinajstić information content (AvgIpc) is 2.64. The molecule has 3 aromatic rings. The Bertz CT molecular complexity index is 944. The summed E-state index contributed by atoms with van der Waals surface area (Å²) in [6.45, 7) is 1.89. The molecule has 2 aromatic carbocycles. The number of para-hydroxylation sites is 1. The lowest BCUT2D eigenvalue weighted by atomic mass is 10.1. The highest BCUT2D eigenvalue weighted by molar-refractivity contribution is 6.00. The fourth-order valence-electron chi connectivity index (χ4n) is 2.57. The van der Waals surface area contributed by atoms with Gasteiger partial charge in [-0.05, 0) is 48.9 Å². The van der Waals surface area contributed by atoms with Gasteiger partial charge in [0.1, 0.15) is 5.82 Å². The first-order chi connectivity index (χ1) is 12.6. The number of anilines is 2. The van der Waals surface area contributed by atoms with Crippen molar-refractivity contribution < 1.29 is 13.9 Å². The third-order valence-electron chi connectivity index (χ3n) is 3.87. The van der Waals surface area contributed by atoms with Gasteiger partial charge < -0.3 is 15.4 Å². The van der Waals surface area contributed by atoms with Gasteiger partial charge in [-0.15, -0.1) is 0 Å². The van der Waals surface area contributed by atoms with Crippen molar-refractivity contribution in [2.24, 2.45) is 0 Å². The summed E-state index contributed by atoms with van der Waals surface area (Å²) >= 11 is 0. The summed E-state index contributed by atoms with van der Waals surface area (Å²) < 4.78 is 19.7. The molecule has 0 saturated carbocycles. The minimum atomic E-state index is -0.481. The largest absolute Gasteiger partial charge is 0.481 e. The monoisotopic (exact) mass is 351 g/mol. The van der Waals surface area contributed by atoms with Gasteiger partial charge in [0.05, 0.1) is 7.11 Å². The van der Waals surface area contributed by atoms with Gasteiger partial charge in [-0.3, -0.25) is 0 Å². The van der Waals surface area contributed by atoms with Gasteiger partial charge in [0.2, 0.25) is 5.88 Å². The first kappa shape index (κ1) is 17.4. The molecule has 26 heavy (non-hydrogen) atoms. The molecular weight excluding hydrogens is 333 g/mol. The number of carbonyl (C=O) groups excluding carboxylic acids is 1. The number of hydrogen-bond donors (Lipinski definition) is 2. The van der Waals surface area contributed by atoms with Crippen molar-refractivity contribution in [1.29, 1.82) is 0 Å². The number of pyridine rings is 1. The summed E-state index contributed by atoms with van der Waals surface area (Å²) in [5, 5.41) is 5.37. The van der Waals surface area contributed by atoms with Crippen molar-refractivity contribution in [2.75, 3.05) is 17.7 Å². The van der Waals surface area contributed by atoms with Crippen LogP contribution in [0.3, 0.4) is 0 Å². The lowest BCUT2D eigenvalue weighted by Crippen LogP contribution is -2.20. The molecule has 132 valence electrons. The first-order valence-electron chi connectivity index (χ1n) is 8.01. The van der Waals surface area contributed by atoms with E-state index in [2.05, 4.69) is 15.6 Å². The predicted molar refractivity (Wildman–Crippen MR) is 100 cm³/mol. The van der Waals surface area contributed by atoms with Crippen LogP contribution < -0.4 is 15.4 Å². The van der Waals surface area contributed by atoms with Crippen molar-refractivity contribution in [2.45, 2.75) is 6.92 Å². The molecule has 0 aliphatic carbocycles. The molecular formula is C20H18FN3O2. The smallest absolute Gasteiger partial charge is 0.323 e. The highest BCUT2D eigenvalue weighted by Crippen LogP contribution is 2.31. The Labute approximate surface area is 150 Å². The lowest BCUT2D eigenvalue weighted by molar-refractivity contribution is 0.262. The zero-order valence-electron chi connectivity index (χ0n) is 14.4. The van der Waals surface area contributed by atoms with E-state index in [0.29, 0.717) is 28.4 Å². The van der Waals surface area contributed by atoms with Crippen LogP contribution in [0.25, 0.3) is 11.1 Å². The molecule has 0 radical (unpaired) electrons. The number of amides is 2. The average molecular weight is 351 g/mol. The van der Waals surface area contributed by atoms with E-state index in [1.807, 2.05) is 25.1 Å². The number of aromatic nitrogens is 1. The van der Waals surface area contributed by atoms with Gasteiger partial charge >= 0.3 is 6.03 Å². The molecule has 0 aliphatic heterocycles. The third-order valence-corrected chi connectivity index (χ3v) is 3.87. The van der Waals surface area contributed by atoms with E-state index in [4.69, 9.17) is 4.74 Å². The van der Waals surface area contributed by atoms with Crippen LogP contribution in [0.15, 0.2) is 60.8 Å². The zero-order chi connectivity index (χ0) is 18.5. The first-order valence-corrected chi connectivity index (χ1v) is 8.01. The number of carbonyl (C=O) groups is 1. The van der Waals surface area contributed by atoms with E-state index in [9.17, 15) is 9.18 Å². The van der Waals surface area contributed by atoms with Crippen molar-refractivity contribution in [1.82, 2.24) is 4.98 Å². The Hall–Kier alpha value is -3.41. The summed E-state index contributed by atoms with van der Waals surface area (Å²) in [4.78, 5) is 16.2. The van der Waals surface area contributed by atoms with E-state index in [1.165, 1.54) is 13.2 Å². The minimum Gasteiger partial charge on any atom is -0.481 e. The topological polar surface area (TPSA) is 63.2 Å². The third kappa shape index (κ3) is 3.80. The molecule has 1 heterocycles. The van der Waals surface area contributed by atoms with Crippen LogP contribution in [-0.2, 0) is 0 Å². The van der Waals surface area contributed by atoms with E-state index >= 15 is 0 Å². The zero-order valence-corrected chi connectivity index (χ0v) is 14.4. The van der Waals surface area contributed by atoms with E-state index in [0.717, 1.165) is 5.56 Å². The Morgan fingerprint density at radius 3 is 2.58 bits per heavy atom. The molecule has 5 nitrogen and oxygen atoms in total. The number of nitrogens with one attached hydrogen (secondary N) is 2. The van der Waals surface area contributed by atoms with Gasteiger partial charge in [-0.25, -0.2) is 14.2 Å². The van der Waals surface area contributed by atoms with Crippen LogP contribution in [0.1, 0.15) is 5.56 Å². The molecule has 0 saturated heterocycles. The lowest BCUT2D eigenvalue weighted by Gasteiger charge is -2.12. The Kier molecular flexibility index (Phi) is 5.12. The maximum atomic E-state index is 14.5. The second-order valence-corrected chi connectivity index (χ2v) is 5.65. The maximum Gasteiger partial charge on any atom is 0.323 e. The molecule has 2 N–H and O–H groups in total. The van der Waals surface area contributed by atoms with Crippen molar-refractivity contribution >= 4 is 17.4 Å². The number of urea groups is 1. The molecule has 0 unspecified atom stereocenters. The summed E-state index contributed by atoms with van der Waals surface area (Å²) in [5.41, 5.74) is 2.87. The number of benzene rings is 2. The molecule has 0 bridgehead atoms. The van der Waals surface area contributed by atoms with Gasteiger partial charge in [0.15, 0.2) is 0 Å². The number of halogens is 1. The van der Waals surface area contributed by atoms with Crippen molar-refractivity contribution in [3.05, 3.63) is 72.2 Å². The fourth-order valence-corrected chi connectivity index (χ4v) is 2.57. The Morgan fingerprint density at radius 2 is 1.85 bits per heavy atom. The molecule has 3 rings (SSSR count). The van der Waals surface area contributed by atoms with E-state index in [-0.39, 0.29) is 0 Å². The van der Waals surface area contributed by atoms with E-state index < -0.39 is 11.8 Å². The van der Waals surface area contributed by atoms with E-state index in [1.54, 1.807) is 36.5 Å². The quantitative estimate of drug-likeness (QED) is 0.706. The second kappa shape index (κ2) is 7.65. The van der Waals surface area contributed by atoms with Gasteiger partial charge in [-0.1, -0.05) is 18.2 Å². The molecule has 2 amide bonds. The number of methoxy groups -OCH3 is 1. The van der Waals surface area contributed by atoms with Crippen molar-refractivity contribution in [3.8, 4) is 17.0 Å². The second-order valence-electron chi connectivity index (χ2n) is 5.65. The number of nitrogens with zero attached hydrogens (tertiary/aromatic N) is 1. The Morgan fingerprint density at radius 1 is 1.04 bits per heavy atom. The molecule has 1 aromatic heterocycles. The van der Waals surface area contributed by atoms with Gasteiger partial charge in [0.25, 0.3) is 0 Å². The van der Waals surface area contributed by atoms with Gasteiger partial charge in [-0.2, -0.15) is 0 Å². The SMILES string of the molecule is COc1ncccc1-c1ccc(NC(=O)Nc2ccccc2C)cc1F. The number of aryl methyl sites for hydroxylation is 1. The normalized spacial score (nSPS) is 10.3. The molecule has 0 fully saturated rings. The maximum absolute atomic E-state index is 14.5. The van der Waals surface area contributed by atoms with Crippen LogP contribution in [-0.4, -0.2) is 18.1 Å². The summed E-state index contributed by atoms with van der Waals surface area (Å²) in [7, 11) is 1.48. The molecule has 0 atom stereocenters. The molecule has 0 spiro atoms. The highest BCUT2D eigenvalue weighted by Gasteiger charge is 2.13. The van der Waals surface area contributed by atoms with Crippen LogP contribution in [0.4, 0.5) is 20.6 Å². The van der Waals surface area contributed by atoms with Crippen molar-refractivity contribution in [3.63, 3.8) is 0 Å². The fraction of sp³-hybridized carbons (Fsp3) is 0.100.